The Kier molecular flexibility index (Phi) is 6.36. The lowest BCUT2D eigenvalue weighted by molar-refractivity contribution is -0.138. The maximum atomic E-state index is 12.5. The van der Waals surface area contributed by atoms with Crippen molar-refractivity contribution in [2.75, 3.05) is 6.54 Å². The number of benzene rings is 1. The van der Waals surface area contributed by atoms with Gasteiger partial charge in [-0.15, -0.1) is 0 Å². The summed E-state index contributed by atoms with van der Waals surface area (Å²) < 4.78 is 2.11. The number of carboxylic acid groups (broad SMARTS) is 1. The molecular weight excluding hydrogens is 466 g/mol. The van der Waals surface area contributed by atoms with Gasteiger partial charge < -0.3 is 10.4 Å². The standard InChI is InChI=1S/C29H33N5O3/c35-25-18-24(29(25)13-3-1-4-14-29)32-23(28(36)37)17-19-9-11-20(12-10-19)34-26-22(8-6-16-31-26)33-27(34)21-7-2-5-15-30-21/h6,8-12,16,21,23,30H,1-5,7,13-15,17-18H2,(H,36,37)/t21-,23+/m1/s1. The average Bonchev–Trinajstić information content (AvgIpc) is 3.33. The molecule has 8 heteroatoms. The van der Waals surface area contributed by atoms with Crippen LogP contribution in [0.5, 0.6) is 0 Å². The summed E-state index contributed by atoms with van der Waals surface area (Å²) in [6.07, 6.45) is 10.6. The fourth-order valence-electron chi connectivity index (χ4n) is 6.31. The first-order valence-electron chi connectivity index (χ1n) is 13.5. The number of carbonyl (C=O) groups excluding carboxylic acids is 1. The Morgan fingerprint density at radius 1 is 1.14 bits per heavy atom. The number of carboxylic acids is 1. The highest BCUT2D eigenvalue weighted by molar-refractivity contribution is 6.27. The quantitative estimate of drug-likeness (QED) is 0.513. The Hall–Kier alpha value is -3.39. The molecule has 3 aromatic rings. The molecular formula is C29H33N5O3. The van der Waals surface area contributed by atoms with Gasteiger partial charge in [0, 0.05) is 30.4 Å². The molecule has 0 radical (unpaired) electrons. The first-order chi connectivity index (χ1) is 18.0. The van der Waals surface area contributed by atoms with Gasteiger partial charge in [0.2, 0.25) is 0 Å². The number of carbonyl (C=O) groups is 2. The van der Waals surface area contributed by atoms with Crippen LogP contribution in [0.2, 0.25) is 0 Å². The van der Waals surface area contributed by atoms with Gasteiger partial charge in [0.15, 0.2) is 11.7 Å². The minimum absolute atomic E-state index is 0.173. The van der Waals surface area contributed by atoms with Crippen LogP contribution in [0.4, 0.5) is 0 Å². The van der Waals surface area contributed by atoms with Gasteiger partial charge in [-0.05, 0) is 62.1 Å². The van der Waals surface area contributed by atoms with Crippen LogP contribution >= 0.6 is 0 Å². The molecule has 3 heterocycles. The molecule has 6 rings (SSSR count). The van der Waals surface area contributed by atoms with Gasteiger partial charge in [-0.2, -0.15) is 0 Å². The summed E-state index contributed by atoms with van der Waals surface area (Å²) in [6, 6.07) is 11.2. The van der Waals surface area contributed by atoms with Gasteiger partial charge in [-0.3, -0.25) is 14.4 Å². The van der Waals surface area contributed by atoms with Crippen LogP contribution in [0.25, 0.3) is 16.9 Å². The van der Waals surface area contributed by atoms with E-state index < -0.39 is 17.4 Å². The smallest absolute Gasteiger partial charge is 0.328 e. The van der Waals surface area contributed by atoms with Crippen LogP contribution in [0.15, 0.2) is 47.6 Å². The summed E-state index contributed by atoms with van der Waals surface area (Å²) in [5, 5.41) is 13.5. The first kappa shape index (κ1) is 24.0. The van der Waals surface area contributed by atoms with Crippen molar-refractivity contribution in [3.05, 3.63) is 54.0 Å². The lowest BCUT2D eigenvalue weighted by Crippen LogP contribution is -2.52. The second-order valence-corrected chi connectivity index (χ2v) is 10.7. The van der Waals surface area contributed by atoms with Crippen LogP contribution in [0.3, 0.4) is 0 Å². The Bertz CT molecular complexity index is 1350. The number of imidazole rings is 1. The molecule has 3 aliphatic rings. The summed E-state index contributed by atoms with van der Waals surface area (Å²) >= 11 is 0. The minimum Gasteiger partial charge on any atom is -0.480 e. The zero-order valence-electron chi connectivity index (χ0n) is 21.0. The number of Topliss-reactive ketones (excluding diaryl/α,β-unsaturated/α-hetero) is 1. The Balaban J connectivity index is 1.27. The Morgan fingerprint density at radius 2 is 1.95 bits per heavy atom. The van der Waals surface area contributed by atoms with Crippen molar-refractivity contribution in [3.63, 3.8) is 0 Å². The topological polar surface area (TPSA) is 109 Å². The zero-order chi connectivity index (χ0) is 25.4. The Labute approximate surface area is 216 Å². The molecule has 2 N–H and O–H groups in total. The lowest BCUT2D eigenvalue weighted by Gasteiger charge is -2.44. The number of hydrogen-bond donors (Lipinski definition) is 2. The number of piperidine rings is 1. The van der Waals surface area contributed by atoms with E-state index >= 15 is 0 Å². The maximum Gasteiger partial charge on any atom is 0.328 e. The molecule has 0 bridgehead atoms. The van der Waals surface area contributed by atoms with Crippen molar-refractivity contribution in [1.29, 1.82) is 0 Å². The number of nitrogens with zero attached hydrogens (tertiary/aromatic N) is 4. The average molecular weight is 500 g/mol. The van der Waals surface area contributed by atoms with E-state index in [2.05, 4.69) is 19.9 Å². The van der Waals surface area contributed by atoms with Crippen LogP contribution in [-0.2, 0) is 16.0 Å². The summed E-state index contributed by atoms with van der Waals surface area (Å²) in [5.74, 6) is 0.254. The second-order valence-electron chi connectivity index (χ2n) is 10.7. The number of aromatic nitrogens is 3. The predicted octanol–water partition coefficient (Wildman–Crippen LogP) is 4.60. The SMILES string of the molecule is O=C(O)[C@H](Cc1ccc(-n2c([C@H]3CCCCN3)nc3cccnc32)cc1)N=C1CC(=O)C12CCCCC2. The van der Waals surface area contributed by atoms with E-state index in [1.54, 1.807) is 6.20 Å². The van der Waals surface area contributed by atoms with Gasteiger partial charge in [-0.1, -0.05) is 37.8 Å². The molecule has 1 saturated heterocycles. The number of fused-ring (bicyclic) bond motifs is 1. The van der Waals surface area contributed by atoms with E-state index in [0.29, 0.717) is 12.8 Å². The fraction of sp³-hybridized carbons (Fsp3) is 0.483. The molecule has 37 heavy (non-hydrogen) atoms. The number of nitrogens with one attached hydrogen (secondary N) is 1. The van der Waals surface area contributed by atoms with E-state index in [4.69, 9.17) is 4.98 Å². The number of aliphatic carboxylic acids is 1. The molecule has 1 aliphatic heterocycles. The van der Waals surface area contributed by atoms with Crippen molar-refractivity contribution in [3.8, 4) is 5.69 Å². The van der Waals surface area contributed by atoms with Crippen LogP contribution in [0, 0.1) is 5.41 Å². The molecule has 1 spiro atoms. The molecule has 3 fully saturated rings. The van der Waals surface area contributed by atoms with E-state index in [0.717, 1.165) is 79.0 Å². The van der Waals surface area contributed by atoms with Crippen LogP contribution < -0.4 is 5.32 Å². The monoisotopic (exact) mass is 499 g/mol. The van der Waals surface area contributed by atoms with Gasteiger partial charge in [0.25, 0.3) is 0 Å². The summed E-state index contributed by atoms with van der Waals surface area (Å²) in [6.45, 7) is 0.978. The molecule has 1 aromatic carbocycles. The highest BCUT2D eigenvalue weighted by Gasteiger charge is 2.52. The van der Waals surface area contributed by atoms with Crippen molar-refractivity contribution in [1.82, 2.24) is 19.9 Å². The number of pyridine rings is 1. The van der Waals surface area contributed by atoms with Crippen molar-refractivity contribution in [2.45, 2.75) is 76.3 Å². The van der Waals surface area contributed by atoms with E-state index in [-0.39, 0.29) is 11.8 Å². The Morgan fingerprint density at radius 3 is 2.65 bits per heavy atom. The lowest BCUT2D eigenvalue weighted by atomic mass is 9.58. The molecule has 2 atom stereocenters. The number of ketones is 1. The third kappa shape index (κ3) is 4.37. The number of rotatable bonds is 6. The normalized spacial score (nSPS) is 23.3. The predicted molar refractivity (Wildman–Crippen MR) is 141 cm³/mol. The summed E-state index contributed by atoms with van der Waals surface area (Å²) in [4.78, 5) is 38.8. The fourth-order valence-corrected chi connectivity index (χ4v) is 6.31. The van der Waals surface area contributed by atoms with Gasteiger partial charge in [0.1, 0.15) is 17.1 Å². The van der Waals surface area contributed by atoms with Crippen LogP contribution in [0.1, 0.15) is 75.2 Å². The largest absolute Gasteiger partial charge is 0.480 e. The van der Waals surface area contributed by atoms with Gasteiger partial charge in [-0.25, -0.2) is 14.8 Å². The van der Waals surface area contributed by atoms with E-state index in [1.165, 1.54) is 12.8 Å². The highest BCUT2D eigenvalue weighted by atomic mass is 16.4. The second kappa shape index (κ2) is 9.82. The van der Waals surface area contributed by atoms with Gasteiger partial charge >= 0.3 is 5.97 Å². The minimum atomic E-state index is -0.947. The summed E-state index contributed by atoms with van der Waals surface area (Å²) in [5.41, 5.74) is 3.87. The third-order valence-corrected chi connectivity index (χ3v) is 8.41. The highest BCUT2D eigenvalue weighted by Crippen LogP contribution is 2.47. The van der Waals surface area contributed by atoms with Gasteiger partial charge in [0.05, 0.1) is 11.5 Å². The zero-order valence-corrected chi connectivity index (χ0v) is 21.0. The van der Waals surface area contributed by atoms with E-state index in [9.17, 15) is 14.7 Å². The number of aliphatic imine (C=N–C) groups is 1. The maximum absolute atomic E-state index is 12.5. The van der Waals surface area contributed by atoms with Crippen LogP contribution in [-0.4, -0.2) is 49.7 Å². The van der Waals surface area contributed by atoms with E-state index in [1.807, 2.05) is 36.4 Å². The first-order valence-corrected chi connectivity index (χ1v) is 13.5. The molecule has 0 amide bonds. The van der Waals surface area contributed by atoms with Crippen molar-refractivity contribution >= 4 is 28.6 Å². The molecule has 8 nitrogen and oxygen atoms in total. The molecule has 2 aromatic heterocycles. The molecule has 2 aliphatic carbocycles. The third-order valence-electron chi connectivity index (χ3n) is 8.41. The molecule has 192 valence electrons. The summed E-state index contributed by atoms with van der Waals surface area (Å²) in [7, 11) is 0. The van der Waals surface area contributed by atoms with Crippen molar-refractivity contribution in [2.24, 2.45) is 10.4 Å². The number of hydrogen-bond acceptors (Lipinski definition) is 6. The van der Waals surface area contributed by atoms with Crippen molar-refractivity contribution < 1.29 is 14.7 Å². The molecule has 0 unspecified atom stereocenters. The molecule has 2 saturated carbocycles.